The van der Waals surface area contributed by atoms with E-state index in [0.29, 0.717) is 5.57 Å². The topological polar surface area (TPSA) is 115 Å². The monoisotopic (exact) mass is 522 g/mol. The molecule has 0 fully saturated rings. The minimum atomic E-state index is -1.04. The molecule has 0 saturated carbocycles. The third kappa shape index (κ3) is 5.88. The first-order chi connectivity index (χ1) is 16.2. The van der Waals surface area contributed by atoms with Gasteiger partial charge < -0.3 is 15.8 Å². The van der Waals surface area contributed by atoms with Crippen LogP contribution in [-0.2, 0) is 9.53 Å². The summed E-state index contributed by atoms with van der Waals surface area (Å²) in [5.74, 6) is -1.53. The Balaban J connectivity index is 1.81. The average molecular weight is 524 g/mol. The smallest absolute Gasteiger partial charge is 0.328 e. The van der Waals surface area contributed by atoms with Crippen LogP contribution in [0.5, 0.6) is 0 Å². The molecule has 0 spiro atoms. The molecule has 0 aliphatic carbocycles. The predicted molar refractivity (Wildman–Crippen MR) is 130 cm³/mol. The van der Waals surface area contributed by atoms with E-state index in [1.165, 1.54) is 23.2 Å². The summed E-state index contributed by atoms with van der Waals surface area (Å²) >= 11 is 18.4. The number of allylic oxidation sites excluding steroid dienone is 2. The van der Waals surface area contributed by atoms with Crippen molar-refractivity contribution >= 4 is 52.6 Å². The highest BCUT2D eigenvalue weighted by atomic mass is 35.5. The summed E-state index contributed by atoms with van der Waals surface area (Å²) in [6.45, 7) is 1.84. The van der Waals surface area contributed by atoms with Crippen molar-refractivity contribution in [2.45, 2.75) is 19.4 Å². The number of esters is 1. The summed E-state index contributed by atoms with van der Waals surface area (Å²) < 4.78 is 5.12. The van der Waals surface area contributed by atoms with Gasteiger partial charge in [-0.05, 0) is 42.8 Å². The molecule has 3 N–H and O–H groups in total. The minimum Gasteiger partial charge on any atom is -0.464 e. The molecular weight excluding hydrogens is 503 g/mol. The maximum absolute atomic E-state index is 13.1. The van der Waals surface area contributed by atoms with E-state index in [1.807, 2.05) is 0 Å². The van der Waals surface area contributed by atoms with E-state index < -0.39 is 23.8 Å². The summed E-state index contributed by atoms with van der Waals surface area (Å²) in [7, 11) is 0. The number of hydrogen-bond donors (Lipinski definition) is 2. The number of aromatic nitrogens is 1. The number of ether oxygens (including phenoxy) is 1. The van der Waals surface area contributed by atoms with Crippen molar-refractivity contribution in [3.63, 3.8) is 0 Å². The Bertz CT molecular complexity index is 1160. The van der Waals surface area contributed by atoms with Gasteiger partial charge in [0.2, 0.25) is 0 Å². The van der Waals surface area contributed by atoms with E-state index in [0.717, 1.165) is 0 Å². The first kappa shape index (κ1) is 25.6. The first-order valence-corrected chi connectivity index (χ1v) is 11.3. The van der Waals surface area contributed by atoms with Crippen LogP contribution in [0, 0.1) is 0 Å². The van der Waals surface area contributed by atoms with E-state index in [4.69, 9.17) is 45.3 Å². The highest BCUT2D eigenvalue weighted by molar-refractivity contribution is 6.39. The van der Waals surface area contributed by atoms with E-state index in [9.17, 15) is 14.4 Å². The van der Waals surface area contributed by atoms with Gasteiger partial charge in [-0.15, -0.1) is 0 Å². The van der Waals surface area contributed by atoms with E-state index in [-0.39, 0.29) is 51.7 Å². The van der Waals surface area contributed by atoms with Crippen molar-refractivity contribution in [1.82, 2.24) is 15.2 Å². The zero-order chi connectivity index (χ0) is 24.8. The molecular formula is C23H21Cl3N4O4. The molecule has 1 aromatic heterocycles. The molecule has 8 nitrogen and oxygen atoms in total. The number of carbonyl (C=O) groups excluding carboxylic acids is 3. The third-order valence-corrected chi connectivity index (χ3v) is 5.86. The number of halogens is 3. The second-order valence-corrected chi connectivity index (χ2v) is 8.40. The fourth-order valence-corrected chi connectivity index (χ4v) is 4.05. The molecule has 178 valence electrons. The van der Waals surface area contributed by atoms with Crippen LogP contribution >= 0.6 is 34.8 Å². The van der Waals surface area contributed by atoms with E-state index in [2.05, 4.69) is 10.3 Å². The summed E-state index contributed by atoms with van der Waals surface area (Å²) in [6, 6.07) is 6.74. The standard InChI is InChI=1S/C23H21Cl3N4O4/c1-2-34-23(33)17(29-21(31)14-5-4-10-28-20(14)26)11-13-8-9-18(27)30(12-13)22(32)19-15(24)6-3-7-16(19)25/h3-10,17H,2,11-12,27H2,1H3,(H,29,31). The van der Waals surface area contributed by atoms with Gasteiger partial charge in [0.05, 0.1) is 27.8 Å². The van der Waals surface area contributed by atoms with Crippen LogP contribution in [0.15, 0.2) is 60.1 Å². The Morgan fingerprint density at radius 1 is 1.15 bits per heavy atom. The normalized spacial score (nSPS) is 14.1. The van der Waals surface area contributed by atoms with Crippen LogP contribution in [0.3, 0.4) is 0 Å². The van der Waals surface area contributed by atoms with Crippen molar-refractivity contribution in [2.24, 2.45) is 5.73 Å². The number of nitrogens with one attached hydrogen (secondary N) is 1. The zero-order valence-corrected chi connectivity index (χ0v) is 20.3. The summed E-state index contributed by atoms with van der Waals surface area (Å²) in [5, 5.41) is 3.01. The average Bonchev–Trinajstić information content (AvgIpc) is 2.80. The Morgan fingerprint density at radius 3 is 2.50 bits per heavy atom. The number of pyridine rings is 1. The van der Waals surface area contributed by atoms with Crippen LogP contribution in [0.1, 0.15) is 34.1 Å². The number of rotatable bonds is 7. The van der Waals surface area contributed by atoms with Crippen LogP contribution in [0.2, 0.25) is 15.2 Å². The van der Waals surface area contributed by atoms with Crippen molar-refractivity contribution < 1.29 is 19.1 Å². The lowest BCUT2D eigenvalue weighted by atomic mass is 10.0. The van der Waals surface area contributed by atoms with E-state index >= 15 is 0 Å². The molecule has 1 aromatic carbocycles. The molecule has 3 rings (SSSR count). The van der Waals surface area contributed by atoms with Gasteiger partial charge >= 0.3 is 5.97 Å². The lowest BCUT2D eigenvalue weighted by Crippen LogP contribution is -2.44. The molecule has 2 amide bonds. The summed E-state index contributed by atoms with van der Waals surface area (Å²) in [4.78, 5) is 43.6. The summed E-state index contributed by atoms with van der Waals surface area (Å²) in [6.07, 6.45) is 4.72. The Kier molecular flexibility index (Phi) is 8.55. The maximum Gasteiger partial charge on any atom is 0.328 e. The van der Waals surface area contributed by atoms with Crippen LogP contribution in [-0.4, -0.2) is 46.9 Å². The van der Waals surface area contributed by atoms with E-state index in [1.54, 1.807) is 37.3 Å². The second-order valence-electron chi connectivity index (χ2n) is 7.23. The number of hydrogen-bond acceptors (Lipinski definition) is 6. The van der Waals surface area contributed by atoms with Gasteiger partial charge in [-0.2, -0.15) is 0 Å². The molecule has 0 bridgehead atoms. The Hall–Kier alpha value is -3.07. The Morgan fingerprint density at radius 2 is 1.85 bits per heavy atom. The third-order valence-electron chi connectivity index (χ3n) is 4.93. The molecule has 1 atom stereocenters. The van der Waals surface area contributed by atoms with Crippen molar-refractivity contribution in [2.75, 3.05) is 13.2 Å². The number of benzene rings is 1. The molecule has 1 aliphatic rings. The van der Waals surface area contributed by atoms with Crippen molar-refractivity contribution in [3.05, 3.63) is 86.4 Å². The number of nitrogens with zero attached hydrogens (tertiary/aromatic N) is 2. The highest BCUT2D eigenvalue weighted by Gasteiger charge is 2.29. The fraction of sp³-hybridized carbons (Fsp3) is 0.217. The second kappa shape index (κ2) is 11.4. The molecule has 0 radical (unpaired) electrons. The summed E-state index contributed by atoms with van der Waals surface area (Å²) in [5.41, 5.74) is 6.92. The predicted octanol–water partition coefficient (Wildman–Crippen LogP) is 3.98. The Labute approximate surface area is 211 Å². The van der Waals surface area contributed by atoms with Gasteiger partial charge in [-0.25, -0.2) is 9.78 Å². The zero-order valence-electron chi connectivity index (χ0n) is 18.1. The molecule has 1 aliphatic heterocycles. The number of carbonyl (C=O) groups is 3. The molecule has 1 unspecified atom stereocenters. The van der Waals surface area contributed by atoms with Gasteiger partial charge in [0.25, 0.3) is 11.8 Å². The molecule has 2 aromatic rings. The van der Waals surface area contributed by atoms with Gasteiger partial charge in [-0.1, -0.05) is 46.9 Å². The largest absolute Gasteiger partial charge is 0.464 e. The molecule has 2 heterocycles. The SMILES string of the molecule is CCOC(=O)C(CC1=CC=C(N)N(C(=O)c2c(Cl)cccc2Cl)C1)NC(=O)c1cccnc1Cl. The lowest BCUT2D eigenvalue weighted by molar-refractivity contribution is -0.145. The number of nitrogens with two attached hydrogens (primary N) is 1. The van der Waals surface area contributed by atoms with Crippen LogP contribution < -0.4 is 11.1 Å². The molecule has 34 heavy (non-hydrogen) atoms. The lowest BCUT2D eigenvalue weighted by Gasteiger charge is -2.29. The molecule has 11 heteroatoms. The molecule has 0 saturated heterocycles. The van der Waals surface area contributed by atoms with Gasteiger partial charge in [0.1, 0.15) is 17.0 Å². The number of amides is 2. The van der Waals surface area contributed by atoms with Crippen LogP contribution in [0.25, 0.3) is 0 Å². The minimum absolute atomic E-state index is 0.00332. The highest BCUT2D eigenvalue weighted by Crippen LogP contribution is 2.28. The first-order valence-electron chi connectivity index (χ1n) is 10.2. The van der Waals surface area contributed by atoms with Gasteiger partial charge in [0, 0.05) is 19.2 Å². The van der Waals surface area contributed by atoms with Gasteiger partial charge in [0.15, 0.2) is 0 Å². The fourth-order valence-electron chi connectivity index (χ4n) is 3.29. The quantitative estimate of drug-likeness (QED) is 0.419. The van der Waals surface area contributed by atoms with Gasteiger partial charge in [-0.3, -0.25) is 14.5 Å². The maximum atomic E-state index is 13.1. The van der Waals surface area contributed by atoms with Crippen molar-refractivity contribution in [3.8, 4) is 0 Å². The van der Waals surface area contributed by atoms with Crippen molar-refractivity contribution in [1.29, 1.82) is 0 Å². The van der Waals surface area contributed by atoms with Crippen LogP contribution in [0.4, 0.5) is 0 Å².